The van der Waals surface area contributed by atoms with Crippen molar-refractivity contribution in [3.63, 3.8) is 0 Å². The van der Waals surface area contributed by atoms with Crippen LogP contribution < -0.4 is 5.43 Å². The molecule has 1 N–H and O–H groups in total. The molecule has 0 spiro atoms. The number of anilines is 1. The minimum Gasteiger partial charge on any atom is -0.261 e. The Labute approximate surface area is 135 Å². The van der Waals surface area contributed by atoms with Gasteiger partial charge in [0.1, 0.15) is 29.1 Å². The van der Waals surface area contributed by atoms with Crippen LogP contribution in [0.5, 0.6) is 0 Å². The van der Waals surface area contributed by atoms with Crippen molar-refractivity contribution in [2.75, 3.05) is 5.43 Å². The van der Waals surface area contributed by atoms with Gasteiger partial charge in [0.2, 0.25) is 0 Å². The number of nitrogens with zero attached hydrogens (tertiary/aromatic N) is 7. The number of hydrazone groups is 1. The molecule has 118 valence electrons. The highest BCUT2D eigenvalue weighted by Gasteiger charge is 2.11. The van der Waals surface area contributed by atoms with Gasteiger partial charge in [0.05, 0.1) is 4.92 Å². The van der Waals surface area contributed by atoms with Crippen LogP contribution in [0.2, 0.25) is 0 Å². The van der Waals surface area contributed by atoms with Crippen LogP contribution in [0, 0.1) is 10.1 Å². The maximum atomic E-state index is 10.6. The molecule has 24 heavy (non-hydrogen) atoms. The third kappa shape index (κ3) is 3.50. The molecule has 3 heterocycles. The molecule has 0 bridgehead atoms. The Morgan fingerprint density at radius 1 is 1.04 bits per heavy atom. The zero-order valence-corrected chi connectivity index (χ0v) is 12.1. The highest BCUT2D eigenvalue weighted by molar-refractivity contribution is 6.10. The van der Waals surface area contributed by atoms with E-state index in [1.807, 2.05) is 0 Å². The Kier molecular flexibility index (Phi) is 4.38. The molecule has 0 unspecified atom stereocenters. The average Bonchev–Trinajstić information content (AvgIpc) is 2.64. The van der Waals surface area contributed by atoms with Gasteiger partial charge in [-0.3, -0.25) is 15.5 Å². The number of rotatable bonds is 5. The molecular weight excluding hydrogens is 312 g/mol. The lowest BCUT2D eigenvalue weighted by atomic mass is 10.2. The summed E-state index contributed by atoms with van der Waals surface area (Å²) in [5.74, 6) is 0.339. The SMILES string of the molecule is O=[N+]([O-])c1ccc(NN=C(c2cccnn2)c2cccnn2)nc1. The van der Waals surface area contributed by atoms with Gasteiger partial charge in [-0.1, -0.05) is 0 Å². The summed E-state index contributed by atoms with van der Waals surface area (Å²) < 4.78 is 0. The Morgan fingerprint density at radius 2 is 1.71 bits per heavy atom. The summed E-state index contributed by atoms with van der Waals surface area (Å²) in [4.78, 5) is 14.0. The van der Waals surface area contributed by atoms with Crippen molar-refractivity contribution < 1.29 is 4.92 Å². The smallest absolute Gasteiger partial charge is 0.261 e. The third-order valence-electron chi connectivity index (χ3n) is 2.87. The molecule has 0 atom stereocenters. The van der Waals surface area contributed by atoms with E-state index in [0.29, 0.717) is 22.9 Å². The van der Waals surface area contributed by atoms with Crippen molar-refractivity contribution in [1.82, 2.24) is 25.4 Å². The lowest BCUT2D eigenvalue weighted by Gasteiger charge is -2.05. The van der Waals surface area contributed by atoms with Gasteiger partial charge in [0, 0.05) is 18.5 Å². The number of aromatic nitrogens is 5. The fourth-order valence-electron chi connectivity index (χ4n) is 1.77. The molecule has 10 nitrogen and oxygen atoms in total. The topological polar surface area (TPSA) is 132 Å². The van der Waals surface area contributed by atoms with Crippen molar-refractivity contribution in [2.24, 2.45) is 5.10 Å². The summed E-state index contributed by atoms with van der Waals surface area (Å²) in [7, 11) is 0. The normalized spacial score (nSPS) is 10.0. The van der Waals surface area contributed by atoms with E-state index < -0.39 is 4.92 Å². The van der Waals surface area contributed by atoms with E-state index >= 15 is 0 Å². The monoisotopic (exact) mass is 322 g/mol. The van der Waals surface area contributed by atoms with Gasteiger partial charge in [0.25, 0.3) is 5.69 Å². The zero-order chi connectivity index (χ0) is 16.8. The van der Waals surface area contributed by atoms with E-state index in [1.165, 1.54) is 12.1 Å². The van der Waals surface area contributed by atoms with Gasteiger partial charge >= 0.3 is 0 Å². The van der Waals surface area contributed by atoms with Crippen LogP contribution in [-0.2, 0) is 0 Å². The quantitative estimate of drug-likeness (QED) is 0.424. The van der Waals surface area contributed by atoms with Gasteiger partial charge in [-0.05, 0) is 30.3 Å². The molecule has 0 radical (unpaired) electrons. The molecule has 0 aliphatic carbocycles. The van der Waals surface area contributed by atoms with Crippen LogP contribution in [0.4, 0.5) is 11.5 Å². The first-order valence-corrected chi connectivity index (χ1v) is 6.74. The molecule has 0 fully saturated rings. The fourth-order valence-corrected chi connectivity index (χ4v) is 1.77. The predicted octanol–water partition coefficient (Wildman–Crippen LogP) is 1.43. The molecule has 3 rings (SSSR count). The standard InChI is InChI=1S/C14H10N8O2/c23-22(24)10-5-6-13(15-9-10)20-21-14(11-3-1-7-16-18-11)12-4-2-8-17-19-12/h1-9H,(H,15,20). The summed E-state index contributed by atoms with van der Waals surface area (Å²) in [6.07, 6.45) is 4.23. The van der Waals surface area contributed by atoms with Gasteiger partial charge < -0.3 is 0 Å². The number of hydrogen-bond donors (Lipinski definition) is 1. The molecule has 0 saturated heterocycles. The third-order valence-corrected chi connectivity index (χ3v) is 2.87. The van der Waals surface area contributed by atoms with Crippen molar-refractivity contribution in [2.45, 2.75) is 0 Å². The van der Waals surface area contributed by atoms with Crippen LogP contribution in [0.3, 0.4) is 0 Å². The predicted molar refractivity (Wildman–Crippen MR) is 84.2 cm³/mol. The highest BCUT2D eigenvalue weighted by atomic mass is 16.6. The van der Waals surface area contributed by atoms with Gasteiger partial charge in [0.15, 0.2) is 0 Å². The molecule has 0 amide bonds. The number of hydrogen-bond acceptors (Lipinski definition) is 9. The Morgan fingerprint density at radius 3 is 2.17 bits per heavy atom. The van der Waals surface area contributed by atoms with Crippen molar-refractivity contribution in [3.8, 4) is 0 Å². The van der Waals surface area contributed by atoms with Crippen molar-refractivity contribution in [1.29, 1.82) is 0 Å². The van der Waals surface area contributed by atoms with Crippen LogP contribution in [0.1, 0.15) is 11.4 Å². The fraction of sp³-hybridized carbons (Fsp3) is 0. The minimum absolute atomic E-state index is 0.104. The van der Waals surface area contributed by atoms with Gasteiger partial charge in [-0.2, -0.15) is 15.3 Å². The van der Waals surface area contributed by atoms with E-state index in [-0.39, 0.29) is 5.69 Å². The lowest BCUT2D eigenvalue weighted by molar-refractivity contribution is -0.385. The molecule has 3 aromatic heterocycles. The van der Waals surface area contributed by atoms with E-state index in [9.17, 15) is 10.1 Å². The summed E-state index contributed by atoms with van der Waals surface area (Å²) in [5, 5.41) is 30.5. The largest absolute Gasteiger partial charge is 0.287 e. The molecule has 3 aromatic rings. The van der Waals surface area contributed by atoms with Gasteiger partial charge in [-0.25, -0.2) is 4.98 Å². The molecule has 10 heteroatoms. The van der Waals surface area contributed by atoms with E-state index in [2.05, 4.69) is 35.9 Å². The van der Waals surface area contributed by atoms with E-state index in [1.54, 1.807) is 36.7 Å². The zero-order valence-electron chi connectivity index (χ0n) is 12.1. The summed E-state index contributed by atoms with van der Waals surface area (Å²) in [5.41, 5.74) is 4.02. The van der Waals surface area contributed by atoms with Crippen LogP contribution in [-0.4, -0.2) is 36.0 Å². The second-order valence-electron chi connectivity index (χ2n) is 4.45. The Hall–Kier alpha value is -3.82. The summed E-state index contributed by atoms with van der Waals surface area (Å²) in [6.45, 7) is 0. The van der Waals surface area contributed by atoms with Crippen molar-refractivity contribution in [3.05, 3.63) is 76.5 Å². The molecule has 0 aliphatic rings. The first-order chi connectivity index (χ1) is 11.7. The minimum atomic E-state index is -0.523. The highest BCUT2D eigenvalue weighted by Crippen LogP contribution is 2.12. The first-order valence-electron chi connectivity index (χ1n) is 6.74. The second kappa shape index (κ2) is 6.96. The number of nitro groups is 1. The summed E-state index contributed by atoms with van der Waals surface area (Å²) >= 11 is 0. The number of pyridine rings is 1. The Balaban J connectivity index is 1.91. The lowest BCUT2D eigenvalue weighted by Crippen LogP contribution is -2.12. The van der Waals surface area contributed by atoms with Gasteiger partial charge in [-0.15, -0.1) is 10.2 Å². The molecule has 0 aromatic carbocycles. The van der Waals surface area contributed by atoms with Crippen molar-refractivity contribution >= 4 is 17.2 Å². The maximum absolute atomic E-state index is 10.6. The van der Waals surface area contributed by atoms with E-state index in [4.69, 9.17) is 0 Å². The number of nitrogens with one attached hydrogen (secondary N) is 1. The van der Waals surface area contributed by atoms with E-state index in [0.717, 1.165) is 6.20 Å². The second-order valence-corrected chi connectivity index (χ2v) is 4.45. The molecule has 0 saturated carbocycles. The maximum Gasteiger partial charge on any atom is 0.287 e. The Bertz CT molecular complexity index is 811. The average molecular weight is 322 g/mol. The van der Waals surface area contributed by atoms with Crippen LogP contribution in [0.15, 0.2) is 60.1 Å². The first kappa shape index (κ1) is 15.1. The molecular formula is C14H10N8O2. The van der Waals surface area contributed by atoms with Crippen LogP contribution in [0.25, 0.3) is 0 Å². The molecule has 0 aliphatic heterocycles. The van der Waals surface area contributed by atoms with Crippen LogP contribution >= 0.6 is 0 Å². The summed E-state index contributed by atoms with van der Waals surface area (Å²) in [6, 6.07) is 9.68.